The molecule has 0 atom stereocenters. The Balaban J connectivity index is 1.75. The Hall–Kier alpha value is -3.49. The number of benzene rings is 2. The molecule has 0 unspecified atom stereocenters. The van der Waals surface area contributed by atoms with Crippen LogP contribution < -0.4 is 4.18 Å². The van der Waals surface area contributed by atoms with Crippen LogP contribution >= 0.6 is 0 Å². The lowest BCUT2D eigenvalue weighted by Crippen LogP contribution is -2.06. The molecule has 0 aliphatic rings. The van der Waals surface area contributed by atoms with Gasteiger partial charge in [0.2, 0.25) is 0 Å². The van der Waals surface area contributed by atoms with Crippen molar-refractivity contribution in [3.05, 3.63) is 78.2 Å². The molecule has 4 rings (SSSR count). The van der Waals surface area contributed by atoms with Crippen molar-refractivity contribution in [2.45, 2.75) is 26.7 Å². The van der Waals surface area contributed by atoms with Crippen LogP contribution in [0.2, 0.25) is 0 Å². The molecule has 2 aromatic heterocycles. The monoisotopic (exact) mass is 449 g/mol. The zero-order chi connectivity index (χ0) is 22.9. The maximum atomic E-state index is 10.9. The SMILES string of the molecule is Cc1cccc(-c2[nH]c(C(C)C)nc2-c2cccc(-c3ccc(OS(=O)(=O)O)cc3)c2)n1. The Labute approximate surface area is 187 Å². The van der Waals surface area contributed by atoms with Gasteiger partial charge in [0.25, 0.3) is 0 Å². The molecule has 0 bridgehead atoms. The number of aromatic nitrogens is 3. The summed E-state index contributed by atoms with van der Waals surface area (Å²) in [5, 5.41) is 0. The number of pyridine rings is 1. The van der Waals surface area contributed by atoms with Crippen LogP contribution in [0.25, 0.3) is 33.8 Å². The highest BCUT2D eigenvalue weighted by molar-refractivity contribution is 7.81. The molecule has 0 amide bonds. The molecule has 0 spiro atoms. The molecule has 2 heterocycles. The zero-order valence-electron chi connectivity index (χ0n) is 17.9. The van der Waals surface area contributed by atoms with Gasteiger partial charge in [-0.2, -0.15) is 8.42 Å². The predicted octanol–water partition coefficient (Wildman–Crippen LogP) is 5.42. The number of aryl methyl sites for hydroxylation is 1. The number of hydrogen-bond acceptors (Lipinski definition) is 5. The van der Waals surface area contributed by atoms with Crippen molar-refractivity contribution in [3.63, 3.8) is 0 Å². The lowest BCUT2D eigenvalue weighted by Gasteiger charge is -2.08. The third-order valence-corrected chi connectivity index (χ3v) is 5.34. The molecule has 4 aromatic rings. The van der Waals surface area contributed by atoms with Crippen LogP contribution in [0.4, 0.5) is 0 Å². The van der Waals surface area contributed by atoms with Crippen molar-refractivity contribution in [2.75, 3.05) is 0 Å². The fraction of sp³-hybridized carbons (Fsp3) is 0.167. The highest BCUT2D eigenvalue weighted by atomic mass is 32.3. The Morgan fingerprint density at radius 1 is 0.906 bits per heavy atom. The first kappa shape index (κ1) is 21.7. The molecule has 0 radical (unpaired) electrons. The smallest absolute Gasteiger partial charge is 0.362 e. The highest BCUT2D eigenvalue weighted by Gasteiger charge is 2.17. The molecular weight excluding hydrogens is 426 g/mol. The summed E-state index contributed by atoms with van der Waals surface area (Å²) in [6.07, 6.45) is 0. The van der Waals surface area contributed by atoms with Crippen molar-refractivity contribution in [3.8, 4) is 39.5 Å². The minimum absolute atomic E-state index is 0.0362. The summed E-state index contributed by atoms with van der Waals surface area (Å²) in [6, 6.07) is 20.3. The topological polar surface area (TPSA) is 105 Å². The van der Waals surface area contributed by atoms with E-state index in [1.807, 2.05) is 49.4 Å². The Kier molecular flexibility index (Phi) is 5.82. The van der Waals surface area contributed by atoms with Crippen LogP contribution in [0.5, 0.6) is 5.75 Å². The third kappa shape index (κ3) is 4.87. The van der Waals surface area contributed by atoms with Gasteiger partial charge in [0.05, 0.1) is 17.1 Å². The van der Waals surface area contributed by atoms with E-state index in [9.17, 15) is 8.42 Å². The van der Waals surface area contributed by atoms with Crippen molar-refractivity contribution in [2.24, 2.45) is 0 Å². The lowest BCUT2D eigenvalue weighted by atomic mass is 10.0. The Morgan fingerprint density at radius 2 is 1.59 bits per heavy atom. The van der Waals surface area contributed by atoms with E-state index in [1.54, 1.807) is 12.1 Å². The number of H-pyrrole nitrogens is 1. The fourth-order valence-corrected chi connectivity index (χ4v) is 3.77. The summed E-state index contributed by atoms with van der Waals surface area (Å²) in [4.78, 5) is 13.0. The van der Waals surface area contributed by atoms with E-state index in [-0.39, 0.29) is 11.7 Å². The maximum absolute atomic E-state index is 10.9. The van der Waals surface area contributed by atoms with Crippen LogP contribution in [-0.2, 0) is 10.4 Å². The third-order valence-electron chi connectivity index (χ3n) is 4.94. The van der Waals surface area contributed by atoms with Gasteiger partial charge in [-0.25, -0.2) is 4.98 Å². The van der Waals surface area contributed by atoms with Crippen LogP contribution in [-0.4, -0.2) is 27.9 Å². The second-order valence-electron chi connectivity index (χ2n) is 7.78. The van der Waals surface area contributed by atoms with Gasteiger partial charge >= 0.3 is 10.4 Å². The molecule has 2 N–H and O–H groups in total. The Bertz CT molecular complexity index is 1360. The van der Waals surface area contributed by atoms with Gasteiger partial charge in [-0.05, 0) is 48.4 Å². The summed E-state index contributed by atoms with van der Waals surface area (Å²) >= 11 is 0. The molecule has 32 heavy (non-hydrogen) atoms. The minimum Gasteiger partial charge on any atom is -0.362 e. The molecule has 2 aromatic carbocycles. The largest absolute Gasteiger partial charge is 0.446 e. The van der Waals surface area contributed by atoms with Crippen LogP contribution in [0.15, 0.2) is 66.7 Å². The number of imidazole rings is 1. The van der Waals surface area contributed by atoms with E-state index in [4.69, 9.17) is 9.54 Å². The van der Waals surface area contributed by atoms with Crippen molar-refractivity contribution < 1.29 is 17.2 Å². The fourth-order valence-electron chi connectivity index (χ4n) is 3.41. The van der Waals surface area contributed by atoms with E-state index in [2.05, 4.69) is 28.0 Å². The molecule has 164 valence electrons. The van der Waals surface area contributed by atoms with E-state index < -0.39 is 10.4 Å². The molecule has 0 saturated heterocycles. The number of nitrogens with one attached hydrogen (secondary N) is 1. The summed E-state index contributed by atoms with van der Waals surface area (Å²) in [7, 11) is -4.55. The molecule has 0 saturated carbocycles. The standard InChI is InChI=1S/C24H23N3O4S/c1-15(2)24-26-22(23(27-24)21-9-4-6-16(3)25-21)19-8-5-7-18(14-19)17-10-12-20(13-11-17)31-32(28,29)30/h4-15H,1-3H3,(H,26,27)(H,28,29,30). The zero-order valence-corrected chi connectivity index (χ0v) is 18.7. The van der Waals surface area contributed by atoms with Gasteiger partial charge in [-0.15, -0.1) is 0 Å². The summed E-state index contributed by atoms with van der Waals surface area (Å²) < 4.78 is 35.1. The molecule has 7 nitrogen and oxygen atoms in total. The van der Waals surface area contributed by atoms with Gasteiger partial charge in [0, 0.05) is 17.2 Å². The average Bonchev–Trinajstić information content (AvgIpc) is 3.19. The molecule has 0 fully saturated rings. The van der Waals surface area contributed by atoms with Gasteiger partial charge in [-0.3, -0.25) is 9.54 Å². The minimum atomic E-state index is -4.55. The molecule has 0 aliphatic carbocycles. The quantitative estimate of drug-likeness (QED) is 0.381. The number of nitrogens with zero attached hydrogens (tertiary/aromatic N) is 2. The molecule has 8 heteroatoms. The predicted molar refractivity (Wildman–Crippen MR) is 124 cm³/mol. The van der Waals surface area contributed by atoms with Crippen LogP contribution in [0.1, 0.15) is 31.3 Å². The van der Waals surface area contributed by atoms with Crippen LogP contribution in [0.3, 0.4) is 0 Å². The second-order valence-corrected chi connectivity index (χ2v) is 8.80. The van der Waals surface area contributed by atoms with E-state index in [1.165, 1.54) is 12.1 Å². The van der Waals surface area contributed by atoms with E-state index in [0.717, 1.165) is 45.3 Å². The Morgan fingerprint density at radius 3 is 2.25 bits per heavy atom. The van der Waals surface area contributed by atoms with E-state index >= 15 is 0 Å². The second kappa shape index (κ2) is 8.57. The number of hydrogen-bond donors (Lipinski definition) is 2. The first-order valence-corrected chi connectivity index (χ1v) is 11.5. The number of aromatic amines is 1. The van der Waals surface area contributed by atoms with E-state index in [0.29, 0.717) is 0 Å². The average molecular weight is 450 g/mol. The first-order chi connectivity index (χ1) is 15.2. The van der Waals surface area contributed by atoms with Gasteiger partial charge < -0.3 is 9.17 Å². The maximum Gasteiger partial charge on any atom is 0.446 e. The van der Waals surface area contributed by atoms with Gasteiger partial charge in [-0.1, -0.05) is 50.2 Å². The summed E-state index contributed by atoms with van der Waals surface area (Å²) in [5.74, 6) is 1.15. The number of rotatable bonds is 6. The van der Waals surface area contributed by atoms with Crippen molar-refractivity contribution in [1.82, 2.24) is 15.0 Å². The van der Waals surface area contributed by atoms with Gasteiger partial charge in [0.15, 0.2) is 0 Å². The van der Waals surface area contributed by atoms with Crippen molar-refractivity contribution >= 4 is 10.4 Å². The molecule has 0 aliphatic heterocycles. The summed E-state index contributed by atoms with van der Waals surface area (Å²) in [6.45, 7) is 6.13. The molecular formula is C24H23N3O4S. The summed E-state index contributed by atoms with van der Waals surface area (Å²) in [5.41, 5.74) is 6.17. The highest BCUT2D eigenvalue weighted by Crippen LogP contribution is 2.33. The first-order valence-electron chi connectivity index (χ1n) is 10.1. The van der Waals surface area contributed by atoms with Crippen LogP contribution in [0, 0.1) is 6.92 Å². The van der Waals surface area contributed by atoms with Gasteiger partial charge in [0.1, 0.15) is 11.6 Å². The van der Waals surface area contributed by atoms with Crippen molar-refractivity contribution in [1.29, 1.82) is 0 Å². The normalized spacial score (nSPS) is 11.7. The lowest BCUT2D eigenvalue weighted by molar-refractivity contribution is 0.387.